The lowest BCUT2D eigenvalue weighted by atomic mass is 10.1. The summed E-state index contributed by atoms with van der Waals surface area (Å²) in [6.45, 7) is 4.26. The first-order chi connectivity index (χ1) is 21.6. The van der Waals surface area contributed by atoms with Crippen molar-refractivity contribution in [2.45, 2.75) is 13.8 Å². The van der Waals surface area contributed by atoms with Crippen molar-refractivity contribution in [3.05, 3.63) is 192 Å². The summed E-state index contributed by atoms with van der Waals surface area (Å²) in [7, 11) is 0. The number of allylic oxidation sites excluding steroid dienone is 2. The van der Waals surface area contributed by atoms with Gasteiger partial charge in [-0.05, 0) is 109 Å². The zero-order valence-corrected chi connectivity index (χ0v) is 25.2. The van der Waals surface area contributed by atoms with E-state index in [2.05, 4.69) is 206 Å². The van der Waals surface area contributed by atoms with Crippen molar-refractivity contribution in [1.29, 1.82) is 0 Å². The summed E-state index contributed by atoms with van der Waals surface area (Å²) in [4.78, 5) is 4.59. The van der Waals surface area contributed by atoms with E-state index in [-0.39, 0.29) is 0 Å². The van der Waals surface area contributed by atoms with Crippen LogP contribution in [0.3, 0.4) is 0 Å². The lowest BCUT2D eigenvalue weighted by Gasteiger charge is -2.25. The van der Waals surface area contributed by atoms with Gasteiger partial charge in [0.1, 0.15) is 0 Å². The van der Waals surface area contributed by atoms with Crippen molar-refractivity contribution in [2.24, 2.45) is 0 Å². The van der Waals surface area contributed by atoms with Crippen LogP contribution in [0.5, 0.6) is 0 Å². The third kappa shape index (κ3) is 6.88. The van der Waals surface area contributed by atoms with E-state index in [4.69, 9.17) is 0 Å². The zero-order chi connectivity index (χ0) is 30.1. The van der Waals surface area contributed by atoms with Crippen molar-refractivity contribution in [2.75, 3.05) is 9.80 Å². The second kappa shape index (κ2) is 13.6. The van der Waals surface area contributed by atoms with Crippen LogP contribution in [0.2, 0.25) is 0 Å². The molecule has 0 aromatic heterocycles. The maximum atomic E-state index is 2.29. The van der Waals surface area contributed by atoms with Crippen LogP contribution in [-0.4, -0.2) is 0 Å². The van der Waals surface area contributed by atoms with Gasteiger partial charge in [0.15, 0.2) is 0 Å². The standard InChI is InChI=1S/C42H36N2/c1-33-13-11-21-41(31-33)43(37-17-5-3-6-18-37)39-27-23-35(24-28-39)15-9-10-16-36-25-29-40(30-26-36)44(38-19-7-4-8-20-38)42-22-12-14-34(2)32-42/h3-32H,1-2H3/b15-9+,16-10+. The third-order valence-electron chi connectivity index (χ3n) is 7.54. The molecule has 2 heteroatoms. The van der Waals surface area contributed by atoms with E-state index in [1.807, 2.05) is 0 Å². The molecule has 0 bridgehead atoms. The molecule has 0 unspecified atom stereocenters. The normalized spacial score (nSPS) is 11.2. The molecule has 0 aliphatic rings. The van der Waals surface area contributed by atoms with Gasteiger partial charge in [0.2, 0.25) is 0 Å². The molecule has 0 radical (unpaired) electrons. The van der Waals surface area contributed by atoms with Gasteiger partial charge in [0.05, 0.1) is 0 Å². The molecule has 6 aromatic rings. The Hall–Kier alpha value is -5.60. The molecule has 0 N–H and O–H groups in total. The Morgan fingerprint density at radius 2 is 0.682 bits per heavy atom. The highest BCUT2D eigenvalue weighted by molar-refractivity contribution is 5.78. The molecule has 0 saturated heterocycles. The Kier molecular flexibility index (Phi) is 8.80. The Morgan fingerprint density at radius 1 is 0.341 bits per heavy atom. The van der Waals surface area contributed by atoms with Crippen molar-refractivity contribution in [3.8, 4) is 0 Å². The van der Waals surface area contributed by atoms with Crippen molar-refractivity contribution >= 4 is 46.3 Å². The minimum absolute atomic E-state index is 1.13. The number of anilines is 6. The van der Waals surface area contributed by atoms with Gasteiger partial charge in [-0.15, -0.1) is 0 Å². The maximum absolute atomic E-state index is 2.29. The highest BCUT2D eigenvalue weighted by atomic mass is 15.1. The molecule has 0 atom stereocenters. The number of rotatable bonds is 9. The maximum Gasteiger partial charge on any atom is 0.0464 e. The van der Waals surface area contributed by atoms with Crippen LogP contribution in [0.15, 0.2) is 170 Å². The van der Waals surface area contributed by atoms with E-state index >= 15 is 0 Å². The van der Waals surface area contributed by atoms with Crippen molar-refractivity contribution < 1.29 is 0 Å². The fraction of sp³-hybridized carbons (Fsp3) is 0.0476. The summed E-state index contributed by atoms with van der Waals surface area (Å²) >= 11 is 0. The van der Waals surface area contributed by atoms with E-state index in [0.717, 1.165) is 45.3 Å². The average molecular weight is 569 g/mol. The van der Waals surface area contributed by atoms with Gasteiger partial charge in [-0.25, -0.2) is 0 Å². The molecule has 6 aromatic carbocycles. The lowest BCUT2D eigenvalue weighted by molar-refractivity contribution is 1.27. The first-order valence-corrected chi connectivity index (χ1v) is 15.0. The van der Waals surface area contributed by atoms with Crippen LogP contribution < -0.4 is 9.80 Å². The van der Waals surface area contributed by atoms with Gasteiger partial charge in [0, 0.05) is 34.1 Å². The van der Waals surface area contributed by atoms with Crippen LogP contribution in [0.4, 0.5) is 34.1 Å². The Morgan fingerprint density at radius 3 is 1.05 bits per heavy atom. The molecule has 0 aliphatic heterocycles. The topological polar surface area (TPSA) is 6.48 Å². The molecule has 0 saturated carbocycles. The molecule has 6 rings (SSSR count). The predicted octanol–water partition coefficient (Wildman–Crippen LogP) is 12.0. The van der Waals surface area contributed by atoms with E-state index < -0.39 is 0 Å². The SMILES string of the molecule is Cc1cccc(N(c2ccccc2)c2ccc(/C=C/C=C/c3ccc(N(c4ccccc4)c4cccc(C)c4)cc3)cc2)c1. The number of benzene rings is 6. The summed E-state index contributed by atoms with van der Waals surface area (Å²) < 4.78 is 0. The minimum atomic E-state index is 1.13. The van der Waals surface area contributed by atoms with Crippen molar-refractivity contribution in [1.82, 2.24) is 0 Å². The highest BCUT2D eigenvalue weighted by Gasteiger charge is 2.13. The second-order valence-electron chi connectivity index (χ2n) is 10.9. The van der Waals surface area contributed by atoms with Gasteiger partial charge in [-0.1, -0.05) is 109 Å². The van der Waals surface area contributed by atoms with Gasteiger partial charge in [-0.2, -0.15) is 0 Å². The zero-order valence-electron chi connectivity index (χ0n) is 25.2. The second-order valence-corrected chi connectivity index (χ2v) is 10.9. The molecule has 0 heterocycles. The third-order valence-corrected chi connectivity index (χ3v) is 7.54. The van der Waals surface area contributed by atoms with Crippen LogP contribution >= 0.6 is 0 Å². The largest absolute Gasteiger partial charge is 0.310 e. The fourth-order valence-electron chi connectivity index (χ4n) is 5.39. The number of nitrogens with zero attached hydrogens (tertiary/aromatic N) is 2. The number of aryl methyl sites for hydroxylation is 2. The summed E-state index contributed by atoms with van der Waals surface area (Å²) in [5, 5.41) is 0. The minimum Gasteiger partial charge on any atom is -0.310 e. The molecule has 0 spiro atoms. The van der Waals surface area contributed by atoms with E-state index in [1.54, 1.807) is 0 Å². The van der Waals surface area contributed by atoms with Crippen LogP contribution in [-0.2, 0) is 0 Å². The summed E-state index contributed by atoms with van der Waals surface area (Å²) in [5.74, 6) is 0. The first-order valence-electron chi connectivity index (χ1n) is 15.0. The molecule has 0 aliphatic carbocycles. The van der Waals surface area contributed by atoms with E-state index in [9.17, 15) is 0 Å². The van der Waals surface area contributed by atoms with Crippen LogP contribution in [0.1, 0.15) is 22.3 Å². The number of para-hydroxylation sites is 2. The Balaban J connectivity index is 1.17. The Labute approximate surface area is 261 Å². The highest BCUT2D eigenvalue weighted by Crippen LogP contribution is 2.36. The molecule has 214 valence electrons. The number of hydrogen-bond donors (Lipinski definition) is 0. The Bertz CT molecular complexity index is 1710. The van der Waals surface area contributed by atoms with Gasteiger partial charge in [-0.3, -0.25) is 0 Å². The van der Waals surface area contributed by atoms with Crippen LogP contribution in [0, 0.1) is 13.8 Å². The van der Waals surface area contributed by atoms with E-state index in [1.165, 1.54) is 11.1 Å². The molecular formula is C42H36N2. The smallest absolute Gasteiger partial charge is 0.0464 e. The van der Waals surface area contributed by atoms with Gasteiger partial charge >= 0.3 is 0 Å². The summed E-state index contributed by atoms with van der Waals surface area (Å²) in [6.07, 6.45) is 8.48. The number of hydrogen-bond acceptors (Lipinski definition) is 2. The van der Waals surface area contributed by atoms with E-state index in [0.29, 0.717) is 0 Å². The monoisotopic (exact) mass is 568 g/mol. The fourth-order valence-corrected chi connectivity index (χ4v) is 5.39. The van der Waals surface area contributed by atoms with Crippen LogP contribution in [0.25, 0.3) is 12.2 Å². The molecule has 2 nitrogen and oxygen atoms in total. The predicted molar refractivity (Wildman–Crippen MR) is 190 cm³/mol. The average Bonchev–Trinajstić information content (AvgIpc) is 3.06. The van der Waals surface area contributed by atoms with Gasteiger partial charge in [0.25, 0.3) is 0 Å². The van der Waals surface area contributed by atoms with Gasteiger partial charge < -0.3 is 9.80 Å². The molecule has 0 amide bonds. The lowest BCUT2D eigenvalue weighted by Crippen LogP contribution is -2.09. The first kappa shape index (κ1) is 28.5. The molecule has 0 fully saturated rings. The van der Waals surface area contributed by atoms with Crippen molar-refractivity contribution in [3.63, 3.8) is 0 Å². The summed E-state index contributed by atoms with van der Waals surface area (Å²) in [6, 6.07) is 55.7. The quantitative estimate of drug-likeness (QED) is 0.160. The summed E-state index contributed by atoms with van der Waals surface area (Å²) in [5.41, 5.74) is 11.6. The molecule has 44 heavy (non-hydrogen) atoms. The molecular weight excluding hydrogens is 532 g/mol.